The van der Waals surface area contributed by atoms with Gasteiger partial charge < -0.3 is 10.0 Å². The van der Waals surface area contributed by atoms with E-state index in [-0.39, 0.29) is 0 Å². The van der Waals surface area contributed by atoms with E-state index in [4.69, 9.17) is 0 Å². The van der Waals surface area contributed by atoms with Gasteiger partial charge in [-0.25, -0.2) is 0 Å². The summed E-state index contributed by atoms with van der Waals surface area (Å²) in [4.78, 5) is 4.97. The second kappa shape index (κ2) is 6.92. The van der Waals surface area contributed by atoms with Crippen LogP contribution in [0, 0.1) is 5.92 Å². The van der Waals surface area contributed by atoms with E-state index < -0.39 is 6.10 Å². The number of piperazine rings is 1. The summed E-state index contributed by atoms with van der Waals surface area (Å²) < 4.78 is 0.995. The van der Waals surface area contributed by atoms with Gasteiger partial charge in [0.2, 0.25) is 0 Å². The summed E-state index contributed by atoms with van der Waals surface area (Å²) in [7, 11) is 0. The number of hydrogen-bond acceptors (Lipinski definition) is 3. The van der Waals surface area contributed by atoms with Crippen molar-refractivity contribution in [1.29, 1.82) is 0 Å². The van der Waals surface area contributed by atoms with Crippen molar-refractivity contribution in [3.05, 3.63) is 28.2 Å². The first-order valence-corrected chi connectivity index (χ1v) is 8.21. The smallest absolute Gasteiger partial charge is 0.0772 e. The molecule has 3 nitrogen and oxygen atoms in total. The highest BCUT2D eigenvalue weighted by Gasteiger charge is 2.18. The lowest BCUT2D eigenvalue weighted by molar-refractivity contribution is 0.198. The Hall–Kier alpha value is -0.580. The first kappa shape index (κ1) is 15.8. The number of hydrogen-bond donors (Lipinski definition) is 1. The van der Waals surface area contributed by atoms with Crippen LogP contribution in [0.3, 0.4) is 0 Å². The van der Waals surface area contributed by atoms with E-state index >= 15 is 0 Å². The highest BCUT2D eigenvalue weighted by molar-refractivity contribution is 9.10. The molecule has 1 aromatic carbocycles. The zero-order valence-electron chi connectivity index (χ0n) is 12.6. The molecule has 1 aliphatic rings. The van der Waals surface area contributed by atoms with Gasteiger partial charge in [0.15, 0.2) is 0 Å². The highest BCUT2D eigenvalue weighted by atomic mass is 79.9. The van der Waals surface area contributed by atoms with Crippen molar-refractivity contribution < 1.29 is 5.11 Å². The molecular weight excluding hydrogens is 316 g/mol. The fourth-order valence-electron chi connectivity index (χ4n) is 2.76. The van der Waals surface area contributed by atoms with E-state index in [1.165, 1.54) is 12.2 Å². The minimum Gasteiger partial charge on any atom is -0.389 e. The van der Waals surface area contributed by atoms with Crippen molar-refractivity contribution in [2.45, 2.75) is 26.9 Å². The molecular formula is C16H25BrN2O. The molecule has 0 aromatic heterocycles. The summed E-state index contributed by atoms with van der Waals surface area (Å²) in [6.45, 7) is 12.0. The van der Waals surface area contributed by atoms with Gasteiger partial charge in [-0.1, -0.05) is 35.8 Å². The van der Waals surface area contributed by atoms with Gasteiger partial charge in [-0.2, -0.15) is 0 Å². The van der Waals surface area contributed by atoms with E-state index in [1.54, 1.807) is 6.92 Å². The third kappa shape index (κ3) is 3.96. The van der Waals surface area contributed by atoms with E-state index in [9.17, 15) is 5.11 Å². The monoisotopic (exact) mass is 340 g/mol. The van der Waals surface area contributed by atoms with Crippen LogP contribution in [0.1, 0.15) is 32.4 Å². The molecule has 20 heavy (non-hydrogen) atoms. The highest BCUT2D eigenvalue weighted by Crippen LogP contribution is 2.28. The van der Waals surface area contributed by atoms with Crippen LogP contribution in [0.4, 0.5) is 5.69 Å². The van der Waals surface area contributed by atoms with Gasteiger partial charge in [-0.3, -0.25) is 4.90 Å². The van der Waals surface area contributed by atoms with Crippen LogP contribution in [-0.2, 0) is 0 Å². The molecule has 0 saturated carbocycles. The first-order valence-electron chi connectivity index (χ1n) is 7.42. The van der Waals surface area contributed by atoms with Gasteiger partial charge in [0.25, 0.3) is 0 Å². The molecule has 1 N–H and O–H groups in total. The second-order valence-corrected chi connectivity index (χ2v) is 6.92. The third-order valence-electron chi connectivity index (χ3n) is 3.79. The van der Waals surface area contributed by atoms with Crippen molar-refractivity contribution in [2.24, 2.45) is 5.92 Å². The standard InChI is InChI=1S/C16H25BrN2O/c1-12(2)11-18-6-8-19(9-7-18)14-4-5-15(13(3)20)16(17)10-14/h4-5,10,12-13,20H,6-9,11H2,1-3H3/t13-/m0/s1. The van der Waals surface area contributed by atoms with E-state index in [0.29, 0.717) is 0 Å². The van der Waals surface area contributed by atoms with Crippen LogP contribution in [-0.4, -0.2) is 42.7 Å². The number of rotatable bonds is 4. The lowest BCUT2D eigenvalue weighted by Gasteiger charge is -2.37. The average molecular weight is 341 g/mol. The summed E-state index contributed by atoms with van der Waals surface area (Å²) in [5, 5.41) is 9.67. The molecule has 1 heterocycles. The maximum absolute atomic E-state index is 9.67. The topological polar surface area (TPSA) is 26.7 Å². The Morgan fingerprint density at radius 2 is 1.80 bits per heavy atom. The summed E-state index contributed by atoms with van der Waals surface area (Å²) in [6.07, 6.45) is -0.429. The summed E-state index contributed by atoms with van der Waals surface area (Å²) in [5.41, 5.74) is 2.19. The average Bonchev–Trinajstić information content (AvgIpc) is 2.38. The van der Waals surface area contributed by atoms with E-state index in [2.05, 4.69) is 51.7 Å². The largest absolute Gasteiger partial charge is 0.389 e. The molecule has 0 amide bonds. The lowest BCUT2D eigenvalue weighted by Crippen LogP contribution is -2.47. The van der Waals surface area contributed by atoms with Gasteiger partial charge in [-0.15, -0.1) is 0 Å². The Bertz CT molecular complexity index is 440. The number of benzene rings is 1. The summed E-state index contributed by atoms with van der Waals surface area (Å²) in [6, 6.07) is 6.26. The number of anilines is 1. The Balaban J connectivity index is 1.98. The van der Waals surface area contributed by atoms with Gasteiger partial charge in [-0.05, 0) is 30.5 Å². The minimum atomic E-state index is -0.429. The quantitative estimate of drug-likeness (QED) is 0.911. The number of halogens is 1. The Morgan fingerprint density at radius 1 is 1.15 bits per heavy atom. The molecule has 0 spiro atoms. The molecule has 0 unspecified atom stereocenters. The zero-order chi connectivity index (χ0) is 14.7. The molecule has 0 aliphatic carbocycles. The molecule has 1 aliphatic heterocycles. The molecule has 1 atom stereocenters. The van der Waals surface area contributed by atoms with Crippen molar-refractivity contribution in [2.75, 3.05) is 37.6 Å². The number of nitrogens with zero attached hydrogens (tertiary/aromatic N) is 2. The van der Waals surface area contributed by atoms with Gasteiger partial charge >= 0.3 is 0 Å². The Morgan fingerprint density at radius 3 is 2.30 bits per heavy atom. The minimum absolute atomic E-state index is 0.429. The van der Waals surface area contributed by atoms with Crippen molar-refractivity contribution in [3.63, 3.8) is 0 Å². The normalized spacial score (nSPS) is 18.6. The Labute approximate surface area is 130 Å². The van der Waals surface area contributed by atoms with Crippen LogP contribution < -0.4 is 4.90 Å². The van der Waals surface area contributed by atoms with Crippen LogP contribution in [0.25, 0.3) is 0 Å². The maximum atomic E-state index is 9.67. The van der Waals surface area contributed by atoms with Crippen LogP contribution in [0.15, 0.2) is 22.7 Å². The molecule has 1 aromatic rings. The molecule has 1 fully saturated rings. The molecule has 0 bridgehead atoms. The fraction of sp³-hybridized carbons (Fsp3) is 0.625. The zero-order valence-corrected chi connectivity index (χ0v) is 14.2. The predicted molar refractivity (Wildman–Crippen MR) is 88.3 cm³/mol. The SMILES string of the molecule is CC(C)CN1CCN(c2ccc([C@H](C)O)c(Br)c2)CC1. The third-order valence-corrected chi connectivity index (χ3v) is 4.48. The van der Waals surface area contributed by atoms with Gasteiger partial charge in [0, 0.05) is 42.9 Å². The Kier molecular flexibility index (Phi) is 5.47. The summed E-state index contributed by atoms with van der Waals surface area (Å²) >= 11 is 3.56. The molecule has 2 rings (SSSR count). The molecule has 1 saturated heterocycles. The van der Waals surface area contributed by atoms with Gasteiger partial charge in [0.05, 0.1) is 6.10 Å². The van der Waals surface area contributed by atoms with Crippen LogP contribution in [0.5, 0.6) is 0 Å². The van der Waals surface area contributed by atoms with Crippen molar-refractivity contribution in [3.8, 4) is 0 Å². The molecule has 112 valence electrons. The number of aliphatic hydroxyl groups is 1. The first-order chi connectivity index (χ1) is 9.47. The molecule has 0 radical (unpaired) electrons. The number of aliphatic hydroxyl groups excluding tert-OH is 1. The summed E-state index contributed by atoms with van der Waals surface area (Å²) in [5.74, 6) is 0.737. The van der Waals surface area contributed by atoms with E-state index in [1.807, 2.05) is 6.07 Å². The fourth-order valence-corrected chi connectivity index (χ4v) is 3.45. The van der Waals surface area contributed by atoms with Crippen molar-refractivity contribution >= 4 is 21.6 Å². The maximum Gasteiger partial charge on any atom is 0.0772 e. The second-order valence-electron chi connectivity index (χ2n) is 6.06. The van der Waals surface area contributed by atoms with Crippen molar-refractivity contribution in [1.82, 2.24) is 4.90 Å². The molecule has 4 heteroatoms. The van der Waals surface area contributed by atoms with Crippen LogP contribution >= 0.6 is 15.9 Å². The predicted octanol–water partition coefficient (Wildman–Crippen LogP) is 3.28. The lowest BCUT2D eigenvalue weighted by atomic mass is 10.1. The van der Waals surface area contributed by atoms with Gasteiger partial charge in [0.1, 0.15) is 0 Å². The van der Waals surface area contributed by atoms with Crippen LogP contribution in [0.2, 0.25) is 0 Å². The van der Waals surface area contributed by atoms with E-state index in [0.717, 1.165) is 42.1 Å².